The van der Waals surface area contributed by atoms with Gasteiger partial charge in [-0.3, -0.25) is 0 Å². The van der Waals surface area contributed by atoms with Crippen LogP contribution in [0.15, 0.2) is 24.3 Å². The smallest absolute Gasteiger partial charge is 0.120 e. The van der Waals surface area contributed by atoms with E-state index in [1.54, 1.807) is 12.1 Å². The van der Waals surface area contributed by atoms with Gasteiger partial charge in [-0.2, -0.15) is 5.26 Å². The Morgan fingerprint density at radius 2 is 2.19 bits per heavy atom. The van der Waals surface area contributed by atoms with E-state index in [0.717, 1.165) is 12.3 Å². The molecule has 0 N–H and O–H groups in total. The number of nitrogens with zero attached hydrogens (tertiary/aromatic N) is 2. The molecule has 16 heavy (non-hydrogen) atoms. The highest BCUT2D eigenvalue weighted by atomic mass is 16.5. The fourth-order valence-electron chi connectivity index (χ4n) is 1.22. The van der Waals surface area contributed by atoms with Crippen molar-refractivity contribution in [1.29, 1.82) is 5.26 Å². The maximum atomic E-state index is 8.73. The van der Waals surface area contributed by atoms with Gasteiger partial charge in [-0.05, 0) is 39.1 Å². The summed E-state index contributed by atoms with van der Waals surface area (Å²) in [5.74, 6) is 0.760. The average molecular weight is 218 g/mol. The van der Waals surface area contributed by atoms with Crippen LogP contribution < -0.4 is 4.74 Å². The maximum Gasteiger partial charge on any atom is 0.120 e. The second-order valence-electron chi connectivity index (χ2n) is 4.06. The summed E-state index contributed by atoms with van der Waals surface area (Å²) in [6, 6.07) is 9.85. The van der Waals surface area contributed by atoms with E-state index in [1.807, 2.05) is 12.1 Å². The summed E-state index contributed by atoms with van der Waals surface area (Å²) in [6.45, 7) is 5.82. The van der Waals surface area contributed by atoms with E-state index >= 15 is 0 Å². The predicted octanol–water partition coefficient (Wildman–Crippen LogP) is 2.28. The number of ether oxygens (including phenoxy) is 1. The van der Waals surface area contributed by atoms with E-state index in [0.29, 0.717) is 18.2 Å². The third-order valence-electron chi connectivity index (χ3n) is 2.56. The second-order valence-corrected chi connectivity index (χ2v) is 4.06. The topological polar surface area (TPSA) is 36.3 Å². The first kappa shape index (κ1) is 12.5. The molecule has 0 atom stereocenters. The summed E-state index contributed by atoms with van der Waals surface area (Å²) in [4.78, 5) is 2.22. The molecule has 0 unspecified atom stereocenters. The van der Waals surface area contributed by atoms with Crippen LogP contribution in [0.2, 0.25) is 0 Å². The van der Waals surface area contributed by atoms with Gasteiger partial charge in [0.2, 0.25) is 0 Å². The molecule has 0 bridgehead atoms. The van der Waals surface area contributed by atoms with Crippen molar-refractivity contribution in [3.8, 4) is 11.8 Å². The second kappa shape index (κ2) is 6.14. The molecule has 3 nitrogen and oxygen atoms in total. The average Bonchev–Trinajstić information content (AvgIpc) is 2.29. The quantitative estimate of drug-likeness (QED) is 0.760. The van der Waals surface area contributed by atoms with E-state index in [4.69, 9.17) is 10.00 Å². The molecule has 0 aliphatic heterocycles. The normalized spacial score (nSPS) is 10.5. The molecule has 86 valence electrons. The highest BCUT2D eigenvalue weighted by Gasteiger charge is 2.02. The lowest BCUT2D eigenvalue weighted by Gasteiger charge is -2.20. The Hall–Kier alpha value is -1.53. The minimum Gasteiger partial charge on any atom is -0.492 e. The minimum atomic E-state index is 0.522. The fraction of sp³-hybridized carbons (Fsp3) is 0.462. The van der Waals surface area contributed by atoms with Gasteiger partial charge in [0, 0.05) is 12.6 Å². The third kappa shape index (κ3) is 3.92. The van der Waals surface area contributed by atoms with Crippen LogP contribution >= 0.6 is 0 Å². The van der Waals surface area contributed by atoms with Gasteiger partial charge < -0.3 is 9.64 Å². The highest BCUT2D eigenvalue weighted by Crippen LogP contribution is 2.12. The molecule has 0 amide bonds. The summed E-state index contributed by atoms with van der Waals surface area (Å²) in [5, 5.41) is 8.73. The number of benzene rings is 1. The molecule has 0 heterocycles. The number of nitriles is 1. The van der Waals surface area contributed by atoms with Crippen LogP contribution in [0, 0.1) is 11.3 Å². The van der Waals surface area contributed by atoms with Gasteiger partial charge in [-0.15, -0.1) is 0 Å². The predicted molar refractivity (Wildman–Crippen MR) is 64.4 cm³/mol. The maximum absolute atomic E-state index is 8.73. The summed E-state index contributed by atoms with van der Waals surface area (Å²) >= 11 is 0. The van der Waals surface area contributed by atoms with Crippen LogP contribution in [0.3, 0.4) is 0 Å². The molecule has 0 fully saturated rings. The molecule has 1 aromatic rings. The zero-order valence-corrected chi connectivity index (χ0v) is 10.1. The van der Waals surface area contributed by atoms with Crippen molar-refractivity contribution in [1.82, 2.24) is 4.90 Å². The van der Waals surface area contributed by atoms with Crippen LogP contribution in [0.4, 0.5) is 0 Å². The molecular formula is C13H18N2O. The Bertz CT molecular complexity index is 368. The Morgan fingerprint density at radius 3 is 2.81 bits per heavy atom. The van der Waals surface area contributed by atoms with Gasteiger partial charge in [0.1, 0.15) is 12.4 Å². The monoisotopic (exact) mass is 218 g/mol. The van der Waals surface area contributed by atoms with Crippen molar-refractivity contribution in [2.24, 2.45) is 0 Å². The molecule has 0 radical (unpaired) electrons. The van der Waals surface area contributed by atoms with Gasteiger partial charge in [0.15, 0.2) is 0 Å². The van der Waals surface area contributed by atoms with E-state index in [1.165, 1.54) is 0 Å². The molecule has 0 aliphatic carbocycles. The van der Waals surface area contributed by atoms with E-state index in [-0.39, 0.29) is 0 Å². The number of likely N-dealkylation sites (N-methyl/N-ethyl adjacent to an activating group) is 1. The van der Waals surface area contributed by atoms with Gasteiger partial charge in [-0.25, -0.2) is 0 Å². The molecular weight excluding hydrogens is 200 g/mol. The minimum absolute atomic E-state index is 0.522. The molecule has 0 aromatic heterocycles. The van der Waals surface area contributed by atoms with E-state index < -0.39 is 0 Å². The van der Waals surface area contributed by atoms with E-state index in [9.17, 15) is 0 Å². The number of hydrogen-bond donors (Lipinski definition) is 0. The highest BCUT2D eigenvalue weighted by molar-refractivity contribution is 5.36. The molecule has 1 rings (SSSR count). The molecule has 1 aromatic carbocycles. The largest absolute Gasteiger partial charge is 0.492 e. The Labute approximate surface area is 97.3 Å². The Morgan fingerprint density at radius 1 is 1.44 bits per heavy atom. The molecule has 0 aliphatic rings. The number of rotatable bonds is 5. The first-order valence-electron chi connectivity index (χ1n) is 5.46. The zero-order chi connectivity index (χ0) is 12.0. The van der Waals surface area contributed by atoms with Crippen molar-refractivity contribution < 1.29 is 4.74 Å². The third-order valence-corrected chi connectivity index (χ3v) is 2.56. The summed E-state index contributed by atoms with van der Waals surface area (Å²) < 4.78 is 5.58. The van der Waals surface area contributed by atoms with Crippen LogP contribution in [-0.2, 0) is 0 Å². The van der Waals surface area contributed by atoms with Crippen molar-refractivity contribution in [2.75, 3.05) is 20.2 Å². The number of hydrogen-bond acceptors (Lipinski definition) is 3. The first-order chi connectivity index (χ1) is 7.63. The lowest BCUT2D eigenvalue weighted by Crippen LogP contribution is -2.30. The first-order valence-corrected chi connectivity index (χ1v) is 5.46. The van der Waals surface area contributed by atoms with Crippen molar-refractivity contribution in [2.45, 2.75) is 19.9 Å². The van der Waals surface area contributed by atoms with Crippen molar-refractivity contribution in [3.05, 3.63) is 29.8 Å². The van der Waals surface area contributed by atoms with Crippen LogP contribution in [0.1, 0.15) is 19.4 Å². The fourth-order valence-corrected chi connectivity index (χ4v) is 1.22. The SMILES string of the molecule is CC(C)N(C)CCOc1cccc(C#N)c1. The molecule has 3 heteroatoms. The van der Waals surface area contributed by atoms with Crippen LogP contribution in [0.25, 0.3) is 0 Å². The van der Waals surface area contributed by atoms with Gasteiger partial charge in [0.05, 0.1) is 11.6 Å². The van der Waals surface area contributed by atoms with Crippen molar-refractivity contribution >= 4 is 0 Å². The van der Waals surface area contributed by atoms with E-state index in [2.05, 4.69) is 31.9 Å². The summed E-state index contributed by atoms with van der Waals surface area (Å²) in [7, 11) is 2.07. The van der Waals surface area contributed by atoms with Gasteiger partial charge in [-0.1, -0.05) is 6.07 Å². The summed E-state index contributed by atoms with van der Waals surface area (Å²) in [5.41, 5.74) is 0.634. The summed E-state index contributed by atoms with van der Waals surface area (Å²) in [6.07, 6.45) is 0. The van der Waals surface area contributed by atoms with Gasteiger partial charge >= 0.3 is 0 Å². The Kier molecular flexibility index (Phi) is 4.81. The van der Waals surface area contributed by atoms with Crippen LogP contribution in [0.5, 0.6) is 5.75 Å². The van der Waals surface area contributed by atoms with Crippen LogP contribution in [-0.4, -0.2) is 31.1 Å². The molecule has 0 saturated heterocycles. The van der Waals surface area contributed by atoms with Crippen molar-refractivity contribution in [3.63, 3.8) is 0 Å². The lowest BCUT2D eigenvalue weighted by atomic mass is 10.2. The molecule has 0 spiro atoms. The standard InChI is InChI=1S/C13H18N2O/c1-11(2)15(3)7-8-16-13-6-4-5-12(9-13)10-14/h4-6,9,11H,7-8H2,1-3H3. The lowest BCUT2D eigenvalue weighted by molar-refractivity contribution is 0.208. The Balaban J connectivity index is 2.40. The molecule has 0 saturated carbocycles. The van der Waals surface area contributed by atoms with Gasteiger partial charge in [0.25, 0.3) is 0 Å². The zero-order valence-electron chi connectivity index (χ0n) is 10.1.